The van der Waals surface area contributed by atoms with E-state index >= 15 is 0 Å². The Kier molecular flexibility index (Phi) is 6.75. The topological polar surface area (TPSA) is 74.0 Å². The zero-order valence-electron chi connectivity index (χ0n) is 20.2. The lowest BCUT2D eigenvalue weighted by Crippen LogP contribution is -2.35. The van der Waals surface area contributed by atoms with E-state index in [1.807, 2.05) is 13.8 Å². The van der Waals surface area contributed by atoms with E-state index in [1.165, 1.54) is 12.1 Å². The first-order chi connectivity index (χ1) is 16.9. The van der Waals surface area contributed by atoms with E-state index in [0.29, 0.717) is 54.8 Å². The van der Waals surface area contributed by atoms with Crippen molar-refractivity contribution in [3.05, 3.63) is 53.5 Å². The Morgan fingerprint density at radius 3 is 2.77 bits per heavy atom. The van der Waals surface area contributed by atoms with E-state index in [1.54, 1.807) is 24.3 Å². The van der Waals surface area contributed by atoms with Crippen LogP contribution in [0.3, 0.4) is 0 Å². The third-order valence-corrected chi connectivity index (χ3v) is 6.71. The molecule has 0 radical (unpaired) electrons. The molecule has 1 aromatic heterocycles. The molecule has 8 heteroatoms. The van der Waals surface area contributed by atoms with Crippen molar-refractivity contribution in [1.82, 2.24) is 10.1 Å². The van der Waals surface area contributed by atoms with Gasteiger partial charge in [0.25, 0.3) is 0 Å². The number of likely N-dealkylation sites (tertiary alicyclic amines) is 1. The number of halogens is 1. The smallest absolute Gasteiger partial charge is 0.170 e. The van der Waals surface area contributed by atoms with Gasteiger partial charge in [-0.15, -0.1) is 0 Å². The van der Waals surface area contributed by atoms with E-state index in [0.717, 1.165) is 43.6 Å². The van der Waals surface area contributed by atoms with Crippen molar-refractivity contribution < 1.29 is 27.9 Å². The molecule has 7 nitrogen and oxygen atoms in total. The molecule has 0 atom stereocenters. The Morgan fingerprint density at radius 1 is 1.11 bits per heavy atom. The Hall–Kier alpha value is -2.97. The zero-order valence-corrected chi connectivity index (χ0v) is 20.2. The van der Waals surface area contributed by atoms with Crippen LogP contribution in [0.2, 0.25) is 0 Å². The average Bonchev–Trinajstić information content (AvgIpc) is 3.23. The van der Waals surface area contributed by atoms with Gasteiger partial charge >= 0.3 is 0 Å². The highest BCUT2D eigenvalue weighted by molar-refractivity contribution is 6.00. The molecule has 0 unspecified atom stereocenters. The Bertz CT molecular complexity index is 1200. The van der Waals surface area contributed by atoms with E-state index in [9.17, 15) is 9.18 Å². The summed E-state index contributed by atoms with van der Waals surface area (Å²) in [5.41, 5.74) is 1.57. The summed E-state index contributed by atoms with van der Waals surface area (Å²) in [6, 6.07) is 9.97. The van der Waals surface area contributed by atoms with Gasteiger partial charge in [0.05, 0.1) is 30.9 Å². The van der Waals surface area contributed by atoms with Gasteiger partial charge in [-0.1, -0.05) is 5.16 Å². The number of rotatable bonds is 8. The number of piperidine rings is 1. The summed E-state index contributed by atoms with van der Waals surface area (Å²) in [4.78, 5) is 14.6. The number of Topliss-reactive ketones (excluding diaryl/α,β-unsaturated/α-hetero) is 1. The Morgan fingerprint density at radius 2 is 1.94 bits per heavy atom. The molecule has 5 rings (SSSR count). The number of carbonyl (C=O) groups is 1. The predicted molar refractivity (Wildman–Crippen MR) is 129 cm³/mol. The molecule has 0 N–H and O–H groups in total. The molecule has 1 fully saturated rings. The van der Waals surface area contributed by atoms with E-state index in [2.05, 4.69) is 10.1 Å². The van der Waals surface area contributed by atoms with Crippen LogP contribution in [0.5, 0.6) is 11.5 Å². The van der Waals surface area contributed by atoms with Crippen LogP contribution >= 0.6 is 0 Å². The summed E-state index contributed by atoms with van der Waals surface area (Å²) in [6.45, 7) is 8.16. The largest absolute Gasteiger partial charge is 0.491 e. The standard InChI is InChI=1S/C27H31FN2O5/c1-27(2)17-23(31)21-6-4-20(16-24(21)34-27)33-14-13-32-12-11-30-9-7-18(8-10-30)26-22-5-3-19(28)15-25(22)35-29-26/h3-6,15-16,18H,7-14,17H2,1-2H3. The van der Waals surface area contributed by atoms with Gasteiger partial charge < -0.3 is 23.6 Å². The van der Waals surface area contributed by atoms with Crippen molar-refractivity contribution in [2.75, 3.05) is 39.5 Å². The molecule has 0 bridgehead atoms. The number of nitrogens with zero attached hydrogens (tertiary/aromatic N) is 2. The minimum atomic E-state index is -0.497. The third-order valence-electron chi connectivity index (χ3n) is 6.71. The van der Waals surface area contributed by atoms with Gasteiger partial charge in [0.15, 0.2) is 11.4 Å². The molecule has 0 amide bonds. The van der Waals surface area contributed by atoms with Crippen molar-refractivity contribution in [2.45, 2.75) is 44.6 Å². The fourth-order valence-corrected chi connectivity index (χ4v) is 4.89. The lowest BCUT2D eigenvalue weighted by Gasteiger charge is -2.31. The predicted octanol–water partition coefficient (Wildman–Crippen LogP) is 4.99. The van der Waals surface area contributed by atoms with Gasteiger partial charge in [-0.25, -0.2) is 4.39 Å². The summed E-state index contributed by atoms with van der Waals surface area (Å²) in [5, 5.41) is 5.13. The zero-order chi connectivity index (χ0) is 24.4. The summed E-state index contributed by atoms with van der Waals surface area (Å²) in [7, 11) is 0. The van der Waals surface area contributed by atoms with Crippen molar-refractivity contribution in [1.29, 1.82) is 0 Å². The first-order valence-corrected chi connectivity index (χ1v) is 12.2. The molecular weight excluding hydrogens is 451 g/mol. The lowest BCUT2D eigenvalue weighted by atomic mass is 9.91. The summed E-state index contributed by atoms with van der Waals surface area (Å²) >= 11 is 0. The first kappa shape index (κ1) is 23.8. The maximum atomic E-state index is 13.4. The van der Waals surface area contributed by atoms with Gasteiger partial charge in [0, 0.05) is 30.0 Å². The monoisotopic (exact) mass is 482 g/mol. The number of ketones is 1. The summed E-state index contributed by atoms with van der Waals surface area (Å²) < 4.78 is 36.2. The highest BCUT2D eigenvalue weighted by Crippen LogP contribution is 2.35. The van der Waals surface area contributed by atoms with E-state index in [4.69, 9.17) is 18.7 Å². The van der Waals surface area contributed by atoms with Crippen LogP contribution in [0.15, 0.2) is 40.9 Å². The fraction of sp³-hybridized carbons (Fsp3) is 0.481. The minimum absolute atomic E-state index is 0.0972. The maximum absolute atomic E-state index is 13.4. The van der Waals surface area contributed by atoms with Crippen LogP contribution in [-0.2, 0) is 4.74 Å². The van der Waals surface area contributed by atoms with E-state index < -0.39 is 5.60 Å². The molecule has 0 aliphatic carbocycles. The second kappa shape index (κ2) is 9.95. The van der Waals surface area contributed by atoms with Crippen LogP contribution in [-0.4, -0.2) is 60.9 Å². The van der Waals surface area contributed by atoms with Crippen molar-refractivity contribution in [3.63, 3.8) is 0 Å². The highest BCUT2D eigenvalue weighted by Gasteiger charge is 2.32. The van der Waals surface area contributed by atoms with Gasteiger partial charge in [-0.3, -0.25) is 4.79 Å². The van der Waals surface area contributed by atoms with Crippen LogP contribution in [0.4, 0.5) is 4.39 Å². The number of carbonyl (C=O) groups excluding carboxylic acids is 1. The number of hydrogen-bond donors (Lipinski definition) is 0. The molecule has 1 saturated heterocycles. The summed E-state index contributed by atoms with van der Waals surface area (Å²) in [5.74, 6) is 1.37. The number of benzene rings is 2. The number of ether oxygens (including phenoxy) is 3. The normalized spacial score (nSPS) is 18.4. The fourth-order valence-electron chi connectivity index (χ4n) is 4.89. The summed E-state index contributed by atoms with van der Waals surface area (Å²) in [6.07, 6.45) is 2.35. The molecule has 2 aliphatic rings. The highest BCUT2D eigenvalue weighted by atomic mass is 19.1. The molecule has 2 aliphatic heterocycles. The van der Waals surface area contributed by atoms with E-state index in [-0.39, 0.29) is 11.6 Å². The first-order valence-electron chi connectivity index (χ1n) is 12.2. The molecule has 186 valence electrons. The van der Waals surface area contributed by atoms with Crippen molar-refractivity contribution >= 4 is 16.8 Å². The van der Waals surface area contributed by atoms with Gasteiger partial charge in [-0.05, 0) is 64.0 Å². The second-order valence-corrected chi connectivity index (χ2v) is 9.90. The van der Waals surface area contributed by atoms with Gasteiger partial charge in [-0.2, -0.15) is 0 Å². The van der Waals surface area contributed by atoms with Crippen molar-refractivity contribution in [3.8, 4) is 11.5 Å². The average molecular weight is 483 g/mol. The lowest BCUT2D eigenvalue weighted by molar-refractivity contribution is 0.0612. The minimum Gasteiger partial charge on any atom is -0.491 e. The van der Waals surface area contributed by atoms with Crippen LogP contribution in [0, 0.1) is 5.82 Å². The quantitative estimate of drug-likeness (QED) is 0.419. The second-order valence-electron chi connectivity index (χ2n) is 9.90. The number of hydrogen-bond acceptors (Lipinski definition) is 7. The molecule has 2 aromatic carbocycles. The van der Waals surface area contributed by atoms with Crippen LogP contribution < -0.4 is 9.47 Å². The van der Waals surface area contributed by atoms with Gasteiger partial charge in [0.2, 0.25) is 0 Å². The molecule has 3 heterocycles. The van der Waals surface area contributed by atoms with Crippen molar-refractivity contribution in [2.24, 2.45) is 0 Å². The number of aromatic nitrogens is 1. The molecule has 0 spiro atoms. The van der Waals surface area contributed by atoms with Gasteiger partial charge in [0.1, 0.15) is 29.5 Å². The Labute approximate surface area is 204 Å². The number of fused-ring (bicyclic) bond motifs is 2. The Balaban J connectivity index is 1.01. The van der Waals surface area contributed by atoms with Crippen LogP contribution in [0.1, 0.15) is 55.1 Å². The molecular formula is C27H31FN2O5. The molecule has 0 saturated carbocycles. The third kappa shape index (κ3) is 5.49. The molecule has 35 heavy (non-hydrogen) atoms. The molecule has 3 aromatic rings. The SMILES string of the molecule is CC1(C)CC(=O)c2ccc(OCCOCCN3CCC(c4noc5cc(F)ccc45)CC3)cc2O1. The maximum Gasteiger partial charge on any atom is 0.170 e. The van der Waals surface area contributed by atoms with Crippen LogP contribution in [0.25, 0.3) is 11.0 Å².